The molecule has 0 N–H and O–H groups in total. The lowest BCUT2D eigenvalue weighted by molar-refractivity contribution is 0.530. The quantitative estimate of drug-likeness (QED) is 0.774. The van der Waals surface area contributed by atoms with Gasteiger partial charge in [0.05, 0.1) is 5.69 Å². The normalized spacial score (nSPS) is 11.3. The van der Waals surface area contributed by atoms with E-state index in [0.29, 0.717) is 11.4 Å². The summed E-state index contributed by atoms with van der Waals surface area (Å²) in [6, 6.07) is 8.29. The number of hydrogen-bond acceptors (Lipinski definition) is 3. The minimum atomic E-state index is -0.391. The van der Waals surface area contributed by atoms with Crippen LogP contribution in [0.25, 0.3) is 5.69 Å². The van der Waals surface area contributed by atoms with E-state index in [1.165, 1.54) is 10.7 Å². The summed E-state index contributed by atoms with van der Waals surface area (Å²) >= 11 is 0. The van der Waals surface area contributed by atoms with Crippen molar-refractivity contribution in [2.24, 2.45) is 0 Å². The summed E-state index contributed by atoms with van der Waals surface area (Å²) in [4.78, 5) is 0. The molecule has 1 aromatic heterocycles. The summed E-state index contributed by atoms with van der Waals surface area (Å²) in [5.41, 5.74) is 0.786. The largest absolute Gasteiger partial charge is 0.213 e. The minimum absolute atomic E-state index is 0.228. The molecule has 5 heteroatoms. The van der Waals surface area contributed by atoms with E-state index < -0.39 is 5.82 Å². The molecule has 1 aromatic carbocycles. The van der Waals surface area contributed by atoms with Crippen molar-refractivity contribution in [2.75, 3.05) is 0 Å². The predicted molar refractivity (Wildman–Crippen MR) is 64.7 cm³/mol. The molecular weight excluding hydrogens is 231 g/mol. The predicted octanol–water partition coefficient (Wildman–Crippen LogP) is 2.58. The molecule has 0 bridgehead atoms. The highest BCUT2D eigenvalue weighted by Crippen LogP contribution is 2.27. The SMILES string of the molecule is CC(C)(C)c1c(C#N)nnn1-c1ccccc1F. The lowest BCUT2D eigenvalue weighted by Gasteiger charge is -2.19. The van der Waals surface area contributed by atoms with E-state index in [-0.39, 0.29) is 11.1 Å². The summed E-state index contributed by atoms with van der Waals surface area (Å²) in [5.74, 6) is -0.391. The van der Waals surface area contributed by atoms with Crippen LogP contribution < -0.4 is 0 Å². The summed E-state index contributed by atoms with van der Waals surface area (Å²) in [7, 11) is 0. The highest BCUT2D eigenvalue weighted by Gasteiger charge is 2.27. The van der Waals surface area contributed by atoms with Gasteiger partial charge >= 0.3 is 0 Å². The number of hydrogen-bond donors (Lipinski definition) is 0. The molecule has 92 valence electrons. The molecule has 0 spiro atoms. The van der Waals surface area contributed by atoms with E-state index >= 15 is 0 Å². The Kier molecular flexibility index (Phi) is 2.87. The van der Waals surface area contributed by atoms with Gasteiger partial charge in [-0.25, -0.2) is 9.07 Å². The molecule has 18 heavy (non-hydrogen) atoms. The molecule has 0 aliphatic carbocycles. The average Bonchev–Trinajstić information content (AvgIpc) is 2.73. The number of benzene rings is 1. The number of nitrogens with zero attached hydrogens (tertiary/aromatic N) is 4. The molecule has 1 heterocycles. The molecule has 0 aliphatic heterocycles. The number of halogens is 1. The van der Waals surface area contributed by atoms with Crippen LogP contribution in [0.3, 0.4) is 0 Å². The van der Waals surface area contributed by atoms with Crippen molar-refractivity contribution in [3.8, 4) is 11.8 Å². The molecule has 0 saturated carbocycles. The van der Waals surface area contributed by atoms with Gasteiger partial charge in [-0.05, 0) is 12.1 Å². The molecule has 4 nitrogen and oxygen atoms in total. The Balaban J connectivity index is 2.71. The summed E-state index contributed by atoms with van der Waals surface area (Å²) in [6.07, 6.45) is 0. The van der Waals surface area contributed by atoms with Crippen molar-refractivity contribution >= 4 is 0 Å². The van der Waals surface area contributed by atoms with Crippen LogP contribution in [0.1, 0.15) is 32.2 Å². The van der Waals surface area contributed by atoms with Gasteiger partial charge in [-0.15, -0.1) is 5.10 Å². The van der Waals surface area contributed by atoms with E-state index in [0.717, 1.165) is 0 Å². The Morgan fingerprint density at radius 1 is 1.28 bits per heavy atom. The molecule has 0 radical (unpaired) electrons. The standard InChI is InChI=1S/C13H13FN4/c1-13(2,3)12-10(8-15)16-17-18(12)11-7-5-4-6-9(11)14/h4-7H,1-3H3. The summed E-state index contributed by atoms with van der Waals surface area (Å²) < 4.78 is 15.2. The van der Waals surface area contributed by atoms with Crippen molar-refractivity contribution in [3.05, 3.63) is 41.5 Å². The highest BCUT2D eigenvalue weighted by atomic mass is 19.1. The van der Waals surface area contributed by atoms with Crippen molar-refractivity contribution in [2.45, 2.75) is 26.2 Å². The van der Waals surface area contributed by atoms with Crippen LogP contribution in [0, 0.1) is 17.1 Å². The maximum absolute atomic E-state index is 13.8. The monoisotopic (exact) mass is 244 g/mol. The second-order valence-corrected chi connectivity index (χ2v) is 5.01. The van der Waals surface area contributed by atoms with E-state index in [1.807, 2.05) is 26.8 Å². The van der Waals surface area contributed by atoms with Crippen LogP contribution in [0.4, 0.5) is 4.39 Å². The van der Waals surface area contributed by atoms with Gasteiger partial charge in [0.1, 0.15) is 17.6 Å². The minimum Gasteiger partial charge on any atom is -0.213 e. The molecular formula is C13H13FN4. The van der Waals surface area contributed by atoms with Crippen molar-refractivity contribution in [1.82, 2.24) is 15.0 Å². The zero-order valence-electron chi connectivity index (χ0n) is 10.5. The van der Waals surface area contributed by atoms with Gasteiger partial charge in [-0.1, -0.05) is 38.1 Å². The van der Waals surface area contributed by atoms with Crippen LogP contribution in [0.5, 0.6) is 0 Å². The Morgan fingerprint density at radius 2 is 1.94 bits per heavy atom. The van der Waals surface area contributed by atoms with E-state index in [1.54, 1.807) is 18.2 Å². The van der Waals surface area contributed by atoms with Crippen LogP contribution in [-0.2, 0) is 5.41 Å². The first-order chi connectivity index (χ1) is 8.45. The average molecular weight is 244 g/mol. The molecule has 0 saturated heterocycles. The summed E-state index contributed by atoms with van der Waals surface area (Å²) in [5, 5.41) is 16.7. The Labute approximate surface area is 105 Å². The fourth-order valence-corrected chi connectivity index (χ4v) is 1.82. The zero-order chi connectivity index (χ0) is 13.3. The van der Waals surface area contributed by atoms with Gasteiger partial charge in [-0.2, -0.15) is 5.26 Å². The van der Waals surface area contributed by atoms with Gasteiger partial charge in [0, 0.05) is 5.41 Å². The first-order valence-electron chi connectivity index (χ1n) is 5.56. The molecule has 0 unspecified atom stereocenters. The Hall–Kier alpha value is -2.22. The molecule has 0 amide bonds. The van der Waals surface area contributed by atoms with Gasteiger partial charge in [-0.3, -0.25) is 0 Å². The smallest absolute Gasteiger partial charge is 0.186 e. The van der Waals surface area contributed by atoms with Crippen LogP contribution in [0.15, 0.2) is 24.3 Å². The Bertz CT molecular complexity index is 617. The maximum Gasteiger partial charge on any atom is 0.186 e. The highest BCUT2D eigenvalue weighted by molar-refractivity contribution is 5.40. The third-order valence-corrected chi connectivity index (χ3v) is 2.57. The van der Waals surface area contributed by atoms with E-state index in [4.69, 9.17) is 5.26 Å². The van der Waals surface area contributed by atoms with Gasteiger partial charge in [0.2, 0.25) is 0 Å². The molecule has 2 aromatic rings. The van der Waals surface area contributed by atoms with Gasteiger partial charge in [0.25, 0.3) is 0 Å². The fourth-order valence-electron chi connectivity index (χ4n) is 1.82. The number of aromatic nitrogens is 3. The molecule has 0 fully saturated rings. The van der Waals surface area contributed by atoms with Crippen LogP contribution in [-0.4, -0.2) is 15.0 Å². The maximum atomic E-state index is 13.8. The van der Waals surface area contributed by atoms with E-state index in [2.05, 4.69) is 10.3 Å². The lowest BCUT2D eigenvalue weighted by Crippen LogP contribution is -2.19. The lowest BCUT2D eigenvalue weighted by atomic mass is 9.90. The second-order valence-electron chi connectivity index (χ2n) is 5.01. The zero-order valence-corrected chi connectivity index (χ0v) is 10.5. The topological polar surface area (TPSA) is 54.5 Å². The third-order valence-electron chi connectivity index (χ3n) is 2.57. The number of nitriles is 1. The molecule has 0 atom stereocenters. The Morgan fingerprint density at radius 3 is 2.50 bits per heavy atom. The first kappa shape index (κ1) is 12.2. The van der Waals surface area contributed by atoms with Crippen molar-refractivity contribution < 1.29 is 4.39 Å². The van der Waals surface area contributed by atoms with Crippen LogP contribution >= 0.6 is 0 Å². The van der Waals surface area contributed by atoms with Gasteiger partial charge in [0.15, 0.2) is 5.69 Å². The number of para-hydroxylation sites is 1. The fraction of sp³-hybridized carbons (Fsp3) is 0.308. The molecule has 2 rings (SSSR count). The van der Waals surface area contributed by atoms with Crippen molar-refractivity contribution in [3.63, 3.8) is 0 Å². The van der Waals surface area contributed by atoms with E-state index in [9.17, 15) is 4.39 Å². The van der Waals surface area contributed by atoms with Gasteiger partial charge < -0.3 is 0 Å². The number of rotatable bonds is 1. The molecule has 0 aliphatic rings. The first-order valence-corrected chi connectivity index (χ1v) is 5.56. The third kappa shape index (κ3) is 1.97. The van der Waals surface area contributed by atoms with Crippen LogP contribution in [0.2, 0.25) is 0 Å². The van der Waals surface area contributed by atoms with Crippen molar-refractivity contribution in [1.29, 1.82) is 5.26 Å². The second kappa shape index (κ2) is 4.22. The summed E-state index contributed by atoms with van der Waals surface area (Å²) in [6.45, 7) is 5.80.